The van der Waals surface area contributed by atoms with E-state index in [0.29, 0.717) is 10.0 Å². The van der Waals surface area contributed by atoms with Crippen LogP contribution in [0.3, 0.4) is 0 Å². The number of benzene rings is 2. The minimum absolute atomic E-state index is 0.0393. The number of rotatable bonds is 3. The Morgan fingerprint density at radius 2 is 1.30 bits per heavy atom. The molecule has 1 nitrogen and oxygen atoms in total. The molecule has 0 spiro atoms. The van der Waals surface area contributed by atoms with E-state index in [1.54, 1.807) is 6.92 Å². The average Bonchev–Trinajstić information content (AvgIpc) is 2.35. The van der Waals surface area contributed by atoms with Gasteiger partial charge in [-0.3, -0.25) is 4.79 Å². The number of hydrogen-bond donors (Lipinski definition) is 0. The van der Waals surface area contributed by atoms with Crippen LogP contribution in [-0.2, 0) is 4.79 Å². The Balaban J connectivity index is 2.73. The zero-order valence-corrected chi connectivity index (χ0v) is 13.2. The molecule has 0 bridgehead atoms. The van der Waals surface area contributed by atoms with E-state index in [9.17, 15) is 4.79 Å². The molecule has 0 amide bonds. The molecule has 20 heavy (non-hydrogen) atoms. The summed E-state index contributed by atoms with van der Waals surface area (Å²) in [4.78, 5) is 12.2. The molecule has 0 atom stereocenters. The van der Waals surface area contributed by atoms with Gasteiger partial charge in [0.05, 0.1) is 5.92 Å². The third kappa shape index (κ3) is 2.74. The van der Waals surface area contributed by atoms with Crippen LogP contribution >= 0.6 is 23.2 Å². The first kappa shape index (κ1) is 15.1. The van der Waals surface area contributed by atoms with Crippen molar-refractivity contribution in [3.8, 4) is 0 Å². The van der Waals surface area contributed by atoms with Crippen molar-refractivity contribution in [2.45, 2.75) is 26.7 Å². The summed E-state index contributed by atoms with van der Waals surface area (Å²) in [5.74, 6) is -0.380. The molecule has 2 aromatic rings. The Hall–Kier alpha value is -1.31. The van der Waals surface area contributed by atoms with Gasteiger partial charge in [-0.05, 0) is 55.2 Å². The highest BCUT2D eigenvalue weighted by molar-refractivity contribution is 6.33. The molecule has 0 saturated carbocycles. The summed E-state index contributed by atoms with van der Waals surface area (Å²) in [5, 5.41) is 1.20. The number of ketones is 1. The Morgan fingerprint density at radius 3 is 1.60 bits per heavy atom. The molecule has 2 aromatic carbocycles. The standard InChI is InChI=1S/C17H16Cl2O/c1-10-6-4-8-13(18)15(10)17(12(3)20)16-11(2)7-5-9-14(16)19/h4-9,17H,1-3H3. The highest BCUT2D eigenvalue weighted by Crippen LogP contribution is 2.38. The van der Waals surface area contributed by atoms with Gasteiger partial charge in [0.2, 0.25) is 0 Å². The maximum atomic E-state index is 12.2. The van der Waals surface area contributed by atoms with Crippen LogP contribution in [-0.4, -0.2) is 5.78 Å². The minimum atomic E-state index is -0.419. The highest BCUT2D eigenvalue weighted by Gasteiger charge is 2.26. The van der Waals surface area contributed by atoms with Gasteiger partial charge in [-0.2, -0.15) is 0 Å². The summed E-state index contributed by atoms with van der Waals surface area (Å²) in [6, 6.07) is 11.3. The molecular weight excluding hydrogens is 291 g/mol. The average molecular weight is 307 g/mol. The van der Waals surface area contributed by atoms with Crippen molar-refractivity contribution >= 4 is 29.0 Å². The normalized spacial score (nSPS) is 10.9. The van der Waals surface area contributed by atoms with E-state index in [1.807, 2.05) is 50.2 Å². The van der Waals surface area contributed by atoms with Crippen LogP contribution in [0.2, 0.25) is 10.0 Å². The molecule has 104 valence electrons. The van der Waals surface area contributed by atoms with Crippen LogP contribution < -0.4 is 0 Å². The van der Waals surface area contributed by atoms with Crippen molar-refractivity contribution in [1.82, 2.24) is 0 Å². The third-order valence-corrected chi connectivity index (χ3v) is 4.18. The lowest BCUT2D eigenvalue weighted by atomic mass is 9.83. The molecule has 0 aromatic heterocycles. The molecule has 0 heterocycles. The maximum Gasteiger partial charge on any atom is 0.141 e. The Morgan fingerprint density at radius 1 is 0.900 bits per heavy atom. The molecule has 0 aliphatic rings. The lowest BCUT2D eigenvalue weighted by Gasteiger charge is -2.21. The minimum Gasteiger partial charge on any atom is -0.299 e. The number of halogens is 2. The van der Waals surface area contributed by atoms with Crippen LogP contribution in [0.5, 0.6) is 0 Å². The van der Waals surface area contributed by atoms with Gasteiger partial charge in [-0.25, -0.2) is 0 Å². The molecule has 0 aliphatic carbocycles. The first-order valence-electron chi connectivity index (χ1n) is 6.44. The number of aryl methyl sites for hydroxylation is 2. The van der Waals surface area contributed by atoms with E-state index in [0.717, 1.165) is 22.3 Å². The summed E-state index contributed by atoms with van der Waals surface area (Å²) in [5.41, 5.74) is 3.68. The molecule has 3 heteroatoms. The quantitative estimate of drug-likeness (QED) is 0.749. The van der Waals surface area contributed by atoms with Gasteiger partial charge in [-0.15, -0.1) is 0 Å². The zero-order valence-electron chi connectivity index (χ0n) is 11.7. The molecule has 0 radical (unpaired) electrons. The SMILES string of the molecule is CC(=O)C(c1c(C)cccc1Cl)c1c(C)cccc1Cl. The van der Waals surface area contributed by atoms with Crippen molar-refractivity contribution in [2.24, 2.45) is 0 Å². The van der Waals surface area contributed by atoms with E-state index >= 15 is 0 Å². The third-order valence-electron chi connectivity index (χ3n) is 3.53. The lowest BCUT2D eigenvalue weighted by Crippen LogP contribution is -2.14. The van der Waals surface area contributed by atoms with Crippen molar-refractivity contribution in [2.75, 3.05) is 0 Å². The second kappa shape index (κ2) is 5.99. The van der Waals surface area contributed by atoms with Gasteiger partial charge in [0, 0.05) is 10.0 Å². The molecule has 0 N–H and O–H groups in total. The monoisotopic (exact) mass is 306 g/mol. The van der Waals surface area contributed by atoms with Gasteiger partial charge in [0.15, 0.2) is 0 Å². The van der Waals surface area contributed by atoms with Crippen LogP contribution in [0, 0.1) is 13.8 Å². The van der Waals surface area contributed by atoms with Crippen LogP contribution in [0.1, 0.15) is 35.1 Å². The maximum absolute atomic E-state index is 12.2. The fraction of sp³-hybridized carbons (Fsp3) is 0.235. The van der Waals surface area contributed by atoms with Gasteiger partial charge < -0.3 is 0 Å². The second-order valence-corrected chi connectivity index (χ2v) is 5.80. The van der Waals surface area contributed by atoms with Crippen LogP contribution in [0.15, 0.2) is 36.4 Å². The predicted molar refractivity (Wildman–Crippen MR) is 84.9 cm³/mol. The molecule has 0 saturated heterocycles. The Bertz CT molecular complexity index is 570. The lowest BCUT2D eigenvalue weighted by molar-refractivity contribution is -0.117. The van der Waals surface area contributed by atoms with Crippen LogP contribution in [0.25, 0.3) is 0 Å². The molecule has 2 rings (SSSR count). The van der Waals surface area contributed by atoms with E-state index < -0.39 is 5.92 Å². The Labute approximate surface area is 129 Å². The first-order chi connectivity index (χ1) is 9.43. The fourth-order valence-corrected chi connectivity index (χ4v) is 3.23. The Kier molecular flexibility index (Phi) is 4.52. The van der Waals surface area contributed by atoms with Gasteiger partial charge in [0.1, 0.15) is 5.78 Å². The van der Waals surface area contributed by atoms with Crippen molar-refractivity contribution < 1.29 is 4.79 Å². The fourth-order valence-electron chi connectivity index (χ4n) is 2.57. The number of Topliss-reactive ketones (excluding diaryl/α,β-unsaturated/α-hetero) is 1. The van der Waals surface area contributed by atoms with E-state index in [-0.39, 0.29) is 5.78 Å². The van der Waals surface area contributed by atoms with Crippen LogP contribution in [0.4, 0.5) is 0 Å². The summed E-state index contributed by atoms with van der Waals surface area (Å²) in [7, 11) is 0. The summed E-state index contributed by atoms with van der Waals surface area (Å²) >= 11 is 12.7. The summed E-state index contributed by atoms with van der Waals surface area (Å²) < 4.78 is 0. The number of carbonyl (C=O) groups excluding carboxylic acids is 1. The van der Waals surface area contributed by atoms with E-state index in [4.69, 9.17) is 23.2 Å². The highest BCUT2D eigenvalue weighted by atomic mass is 35.5. The molecular formula is C17H16Cl2O. The smallest absolute Gasteiger partial charge is 0.141 e. The van der Waals surface area contributed by atoms with Gasteiger partial charge >= 0.3 is 0 Å². The van der Waals surface area contributed by atoms with E-state index in [2.05, 4.69) is 0 Å². The number of carbonyl (C=O) groups is 1. The summed E-state index contributed by atoms with van der Waals surface area (Å²) in [6.07, 6.45) is 0. The first-order valence-corrected chi connectivity index (χ1v) is 7.19. The predicted octanol–water partition coefficient (Wildman–Crippen LogP) is 5.33. The number of hydrogen-bond acceptors (Lipinski definition) is 1. The van der Waals surface area contributed by atoms with Crippen molar-refractivity contribution in [3.63, 3.8) is 0 Å². The molecule has 0 unspecified atom stereocenters. The topological polar surface area (TPSA) is 17.1 Å². The molecule has 0 aliphatic heterocycles. The van der Waals surface area contributed by atoms with E-state index in [1.165, 1.54) is 0 Å². The largest absolute Gasteiger partial charge is 0.299 e. The summed E-state index contributed by atoms with van der Waals surface area (Å²) in [6.45, 7) is 5.50. The zero-order chi connectivity index (χ0) is 14.9. The van der Waals surface area contributed by atoms with Gasteiger partial charge in [0.25, 0.3) is 0 Å². The second-order valence-electron chi connectivity index (χ2n) is 4.98. The molecule has 0 fully saturated rings. The van der Waals surface area contributed by atoms with Crippen molar-refractivity contribution in [3.05, 3.63) is 68.7 Å². The van der Waals surface area contributed by atoms with Gasteiger partial charge in [-0.1, -0.05) is 47.5 Å². The van der Waals surface area contributed by atoms with Crippen molar-refractivity contribution in [1.29, 1.82) is 0 Å².